The predicted molar refractivity (Wildman–Crippen MR) is 194 cm³/mol. The van der Waals surface area contributed by atoms with Crippen molar-refractivity contribution in [1.29, 1.82) is 0 Å². The number of ether oxygens (including phenoxy) is 2. The maximum Gasteiger partial charge on any atom is 0.119 e. The van der Waals surface area contributed by atoms with Crippen LogP contribution in [0.15, 0.2) is 140 Å². The summed E-state index contributed by atoms with van der Waals surface area (Å²) in [6, 6.07) is 49.8. The van der Waals surface area contributed by atoms with Crippen LogP contribution in [-0.4, -0.2) is 60.3 Å². The van der Waals surface area contributed by atoms with Crippen LogP contribution >= 0.6 is 23.4 Å². The molecule has 47 heavy (non-hydrogen) atoms. The molecular weight excluding hydrogens is 620 g/mol. The summed E-state index contributed by atoms with van der Waals surface area (Å²) < 4.78 is 12.2. The van der Waals surface area contributed by atoms with Gasteiger partial charge in [-0.1, -0.05) is 127 Å². The molecule has 2 fully saturated rings. The smallest absolute Gasteiger partial charge is 0.119 e. The third-order valence-corrected chi connectivity index (χ3v) is 10.9. The first-order chi connectivity index (χ1) is 23.2. The lowest BCUT2D eigenvalue weighted by Crippen LogP contribution is -2.47. The van der Waals surface area contributed by atoms with Gasteiger partial charge in [0.1, 0.15) is 12.4 Å². The highest BCUT2D eigenvalue weighted by atomic mass is 35.5. The Morgan fingerprint density at radius 2 is 1.38 bits per heavy atom. The van der Waals surface area contributed by atoms with Crippen molar-refractivity contribution in [3.05, 3.63) is 172 Å². The molecule has 7 rings (SSSR count). The van der Waals surface area contributed by atoms with Crippen LogP contribution in [0.1, 0.15) is 33.9 Å². The minimum absolute atomic E-state index is 0.0457. The van der Waals surface area contributed by atoms with E-state index in [4.69, 9.17) is 21.1 Å². The van der Waals surface area contributed by atoms with Crippen LogP contribution in [0.25, 0.3) is 0 Å². The SMILES string of the molecule is Clc1cccc(C2CN(CCOc3ccc(CC4CN(C(c5ccccc5)(c5ccccc5)c5ccccc5)CS4)cc3)CCO2)c1. The molecule has 240 valence electrons. The largest absolute Gasteiger partial charge is 0.492 e. The fourth-order valence-corrected chi connectivity index (χ4v) is 8.57. The lowest BCUT2D eigenvalue weighted by molar-refractivity contribution is -0.0329. The lowest BCUT2D eigenvalue weighted by atomic mass is 9.75. The fourth-order valence-electron chi connectivity index (χ4n) is 7.08. The zero-order valence-electron chi connectivity index (χ0n) is 26.6. The second kappa shape index (κ2) is 15.1. The average molecular weight is 661 g/mol. The minimum Gasteiger partial charge on any atom is -0.492 e. The number of thioether (sulfide) groups is 1. The Bertz CT molecular complexity index is 1610. The highest BCUT2D eigenvalue weighted by Gasteiger charge is 2.45. The van der Waals surface area contributed by atoms with E-state index in [2.05, 4.69) is 143 Å². The van der Waals surface area contributed by atoms with E-state index in [0.717, 1.165) is 54.8 Å². The molecule has 5 aromatic rings. The van der Waals surface area contributed by atoms with Crippen molar-refractivity contribution in [1.82, 2.24) is 9.80 Å². The van der Waals surface area contributed by atoms with Crippen LogP contribution in [0, 0.1) is 0 Å². The van der Waals surface area contributed by atoms with Gasteiger partial charge in [-0.3, -0.25) is 9.80 Å². The zero-order chi connectivity index (χ0) is 31.9. The number of benzene rings is 5. The first-order valence-electron chi connectivity index (χ1n) is 16.5. The quantitative estimate of drug-likeness (QED) is 0.132. The number of nitrogens with zero attached hydrogens (tertiary/aromatic N) is 2. The molecular formula is C41H41ClN2O2S. The Labute approximate surface area is 288 Å². The molecule has 2 saturated heterocycles. The monoisotopic (exact) mass is 660 g/mol. The lowest BCUT2D eigenvalue weighted by Gasteiger charge is -2.43. The van der Waals surface area contributed by atoms with E-state index in [1.165, 1.54) is 22.3 Å². The first-order valence-corrected chi connectivity index (χ1v) is 18.0. The summed E-state index contributed by atoms with van der Waals surface area (Å²) >= 11 is 8.27. The molecule has 0 amide bonds. The highest BCUT2D eigenvalue weighted by Crippen LogP contribution is 2.46. The van der Waals surface area contributed by atoms with Gasteiger partial charge in [0, 0.05) is 42.3 Å². The summed E-state index contributed by atoms with van der Waals surface area (Å²) in [5.74, 6) is 1.88. The standard InChI is InChI=1S/C41H41ClN2O2S/c42-37-18-10-11-33(28-37)40-30-43(24-26-46-40)23-25-45-38-21-19-32(20-22-38)27-39-29-44(31-47-39)41(34-12-4-1-5-13-34,35-14-6-2-7-15-35)36-16-8-3-9-17-36/h1-22,28,39-40H,23-27,29-31H2. The summed E-state index contributed by atoms with van der Waals surface area (Å²) in [4.78, 5) is 5.09. The number of halogens is 1. The summed E-state index contributed by atoms with van der Waals surface area (Å²) in [5, 5.41) is 1.24. The molecule has 0 bridgehead atoms. The molecule has 4 nitrogen and oxygen atoms in total. The molecule has 2 heterocycles. The molecule has 0 aromatic heterocycles. The normalized spacial score (nSPS) is 19.1. The number of hydrogen-bond donors (Lipinski definition) is 0. The summed E-state index contributed by atoms with van der Waals surface area (Å²) in [6.07, 6.45) is 1.07. The Morgan fingerprint density at radius 3 is 2.00 bits per heavy atom. The van der Waals surface area contributed by atoms with E-state index < -0.39 is 0 Å². The van der Waals surface area contributed by atoms with Crippen molar-refractivity contribution >= 4 is 23.4 Å². The maximum absolute atomic E-state index is 6.21. The Hall–Kier alpha value is -3.58. The van der Waals surface area contributed by atoms with Gasteiger partial charge < -0.3 is 9.47 Å². The Balaban J connectivity index is 0.989. The third kappa shape index (κ3) is 7.30. The predicted octanol–water partition coefficient (Wildman–Crippen LogP) is 8.70. The number of rotatable bonds is 11. The molecule has 5 aromatic carbocycles. The second-order valence-electron chi connectivity index (χ2n) is 12.4. The first kappa shape index (κ1) is 32.0. The topological polar surface area (TPSA) is 24.9 Å². The van der Waals surface area contributed by atoms with Gasteiger partial charge >= 0.3 is 0 Å². The Morgan fingerprint density at radius 1 is 0.745 bits per heavy atom. The number of hydrogen-bond acceptors (Lipinski definition) is 5. The number of morpholine rings is 1. The molecule has 0 spiro atoms. The van der Waals surface area contributed by atoms with Crippen LogP contribution in [0.5, 0.6) is 5.75 Å². The van der Waals surface area contributed by atoms with Gasteiger partial charge in [-0.15, -0.1) is 11.8 Å². The molecule has 2 unspecified atom stereocenters. The average Bonchev–Trinajstić information content (AvgIpc) is 3.59. The van der Waals surface area contributed by atoms with Crippen molar-refractivity contribution in [3.8, 4) is 5.75 Å². The summed E-state index contributed by atoms with van der Waals surface area (Å²) in [5.41, 5.74) is 6.02. The summed E-state index contributed by atoms with van der Waals surface area (Å²) in [6.45, 7) is 4.98. The molecule has 0 N–H and O–H groups in total. The third-order valence-electron chi connectivity index (χ3n) is 9.37. The van der Waals surface area contributed by atoms with E-state index in [1.807, 2.05) is 18.2 Å². The van der Waals surface area contributed by atoms with Crippen molar-refractivity contribution in [2.75, 3.05) is 45.3 Å². The van der Waals surface area contributed by atoms with Crippen LogP contribution in [-0.2, 0) is 16.7 Å². The molecule has 2 aliphatic rings. The Kier molecular flexibility index (Phi) is 10.3. The van der Waals surface area contributed by atoms with Crippen LogP contribution < -0.4 is 4.74 Å². The van der Waals surface area contributed by atoms with Gasteiger partial charge in [0.2, 0.25) is 0 Å². The van der Waals surface area contributed by atoms with Crippen LogP contribution in [0.2, 0.25) is 5.02 Å². The van der Waals surface area contributed by atoms with E-state index in [0.29, 0.717) is 18.5 Å². The van der Waals surface area contributed by atoms with Crippen LogP contribution in [0.4, 0.5) is 0 Å². The second-order valence-corrected chi connectivity index (χ2v) is 14.1. The molecule has 2 aliphatic heterocycles. The molecule has 0 aliphatic carbocycles. The minimum atomic E-state index is -0.363. The molecule has 2 atom stereocenters. The molecule has 0 saturated carbocycles. The van der Waals surface area contributed by atoms with E-state index in [9.17, 15) is 0 Å². The van der Waals surface area contributed by atoms with Crippen molar-refractivity contribution < 1.29 is 9.47 Å². The van der Waals surface area contributed by atoms with Gasteiger partial charge in [0.05, 0.1) is 18.2 Å². The van der Waals surface area contributed by atoms with Crippen LogP contribution in [0.3, 0.4) is 0 Å². The van der Waals surface area contributed by atoms with Crippen molar-refractivity contribution in [3.63, 3.8) is 0 Å². The van der Waals surface area contributed by atoms with Crippen molar-refractivity contribution in [2.24, 2.45) is 0 Å². The van der Waals surface area contributed by atoms with Gasteiger partial charge in [-0.2, -0.15) is 0 Å². The van der Waals surface area contributed by atoms with E-state index in [1.54, 1.807) is 0 Å². The molecule has 6 heteroatoms. The van der Waals surface area contributed by atoms with E-state index in [-0.39, 0.29) is 11.6 Å². The fraction of sp³-hybridized carbons (Fsp3) is 0.268. The zero-order valence-corrected chi connectivity index (χ0v) is 28.2. The van der Waals surface area contributed by atoms with E-state index >= 15 is 0 Å². The summed E-state index contributed by atoms with van der Waals surface area (Å²) in [7, 11) is 0. The van der Waals surface area contributed by atoms with Gasteiger partial charge in [-0.05, 0) is 58.5 Å². The van der Waals surface area contributed by atoms with Gasteiger partial charge in [0.25, 0.3) is 0 Å². The van der Waals surface area contributed by atoms with Gasteiger partial charge in [-0.25, -0.2) is 0 Å². The highest BCUT2D eigenvalue weighted by molar-refractivity contribution is 8.00. The van der Waals surface area contributed by atoms with Gasteiger partial charge in [0.15, 0.2) is 0 Å². The van der Waals surface area contributed by atoms with Crippen molar-refractivity contribution in [2.45, 2.75) is 23.3 Å². The molecule has 0 radical (unpaired) electrons. The maximum atomic E-state index is 6.21.